The van der Waals surface area contributed by atoms with Gasteiger partial charge in [0, 0.05) is 11.8 Å². The maximum Gasteiger partial charge on any atom is 0.418 e. The quantitative estimate of drug-likeness (QED) is 0.377. The highest BCUT2D eigenvalue weighted by Crippen LogP contribution is 2.37. The van der Waals surface area contributed by atoms with E-state index in [9.17, 15) is 28.1 Å². The van der Waals surface area contributed by atoms with Crippen LogP contribution in [0, 0.1) is 10.1 Å². The van der Waals surface area contributed by atoms with Crippen LogP contribution in [0.2, 0.25) is 0 Å². The number of Topliss-reactive ketones (excluding diaryl/α,β-unsaturated/α-hetero) is 1. The van der Waals surface area contributed by atoms with Crippen LogP contribution in [0.1, 0.15) is 22.8 Å². The third kappa shape index (κ3) is 2.52. The van der Waals surface area contributed by atoms with Crippen LogP contribution in [0.5, 0.6) is 0 Å². The molecule has 0 aliphatic carbocycles. The van der Waals surface area contributed by atoms with E-state index < -0.39 is 39.4 Å². The van der Waals surface area contributed by atoms with E-state index in [0.29, 0.717) is 6.07 Å². The number of carbonyl (C=O) groups is 1. The number of alkyl halides is 3. The zero-order valence-corrected chi connectivity index (χ0v) is 8.54. The van der Waals surface area contributed by atoms with Crippen LogP contribution in [0.4, 0.5) is 24.5 Å². The van der Waals surface area contributed by atoms with E-state index in [-0.39, 0.29) is 6.07 Å². The second kappa shape index (κ2) is 4.04. The number of benzene rings is 1. The van der Waals surface area contributed by atoms with Gasteiger partial charge in [0.1, 0.15) is 0 Å². The Labute approximate surface area is 93.2 Å². The molecule has 0 bridgehead atoms. The standard InChI is InChI=1S/C9H7F3N2O3/c1-4(15)5-2-7(13)6(9(10,11)12)3-8(5)14(16)17/h2-3H,13H2,1H3. The molecule has 0 heterocycles. The Bertz CT molecular complexity index is 497. The van der Waals surface area contributed by atoms with Gasteiger partial charge >= 0.3 is 6.18 Å². The molecule has 0 spiro atoms. The summed E-state index contributed by atoms with van der Waals surface area (Å²) in [5.74, 6) is -0.725. The average molecular weight is 248 g/mol. The predicted molar refractivity (Wildman–Crippen MR) is 52.5 cm³/mol. The Kier molecular flexibility index (Phi) is 3.08. The van der Waals surface area contributed by atoms with Crippen molar-refractivity contribution >= 4 is 17.2 Å². The normalized spacial score (nSPS) is 11.3. The van der Waals surface area contributed by atoms with Crippen LogP contribution < -0.4 is 5.73 Å². The molecule has 1 aromatic carbocycles. The van der Waals surface area contributed by atoms with Crippen LogP contribution >= 0.6 is 0 Å². The smallest absolute Gasteiger partial charge is 0.398 e. The van der Waals surface area contributed by atoms with Gasteiger partial charge in [-0.15, -0.1) is 0 Å². The number of nitrogen functional groups attached to an aromatic ring is 1. The highest BCUT2D eigenvalue weighted by molar-refractivity contribution is 5.99. The van der Waals surface area contributed by atoms with Crippen LogP contribution in [0.25, 0.3) is 0 Å². The Morgan fingerprint density at radius 1 is 1.41 bits per heavy atom. The van der Waals surface area contributed by atoms with E-state index in [1.54, 1.807) is 0 Å². The van der Waals surface area contributed by atoms with Gasteiger partial charge in [-0.25, -0.2) is 0 Å². The number of hydrogen-bond donors (Lipinski definition) is 1. The SMILES string of the molecule is CC(=O)c1cc(N)c(C(F)(F)F)cc1[N+](=O)[O-]. The topological polar surface area (TPSA) is 86.2 Å². The Morgan fingerprint density at radius 3 is 2.29 bits per heavy atom. The summed E-state index contributed by atoms with van der Waals surface area (Å²) in [6.45, 7) is 1.01. The minimum atomic E-state index is -4.80. The molecule has 0 amide bonds. The van der Waals surface area contributed by atoms with Crippen molar-refractivity contribution in [1.82, 2.24) is 0 Å². The zero-order chi connectivity index (χ0) is 13.4. The lowest BCUT2D eigenvalue weighted by atomic mass is 10.0. The number of halogens is 3. The number of rotatable bonds is 2. The second-order valence-corrected chi connectivity index (χ2v) is 3.27. The van der Waals surface area contributed by atoms with Crippen molar-refractivity contribution in [2.75, 3.05) is 5.73 Å². The summed E-state index contributed by atoms with van der Waals surface area (Å²) in [7, 11) is 0. The molecule has 92 valence electrons. The molecule has 0 aliphatic rings. The van der Waals surface area contributed by atoms with Crippen molar-refractivity contribution in [2.45, 2.75) is 13.1 Å². The van der Waals surface area contributed by atoms with E-state index in [4.69, 9.17) is 5.73 Å². The molecule has 0 saturated carbocycles. The van der Waals surface area contributed by atoms with Crippen molar-refractivity contribution in [3.63, 3.8) is 0 Å². The highest BCUT2D eigenvalue weighted by Gasteiger charge is 2.36. The van der Waals surface area contributed by atoms with Gasteiger partial charge in [-0.2, -0.15) is 13.2 Å². The van der Waals surface area contributed by atoms with E-state index >= 15 is 0 Å². The summed E-state index contributed by atoms with van der Waals surface area (Å²) in [6.07, 6.45) is -4.80. The summed E-state index contributed by atoms with van der Waals surface area (Å²) >= 11 is 0. The molecule has 0 aromatic heterocycles. The minimum absolute atomic E-state index is 0.270. The molecule has 17 heavy (non-hydrogen) atoms. The van der Waals surface area contributed by atoms with E-state index in [1.807, 2.05) is 0 Å². The summed E-state index contributed by atoms with van der Waals surface area (Å²) in [5.41, 5.74) is 1.73. The first-order valence-corrected chi connectivity index (χ1v) is 4.30. The monoisotopic (exact) mass is 248 g/mol. The fourth-order valence-corrected chi connectivity index (χ4v) is 1.28. The van der Waals surface area contributed by atoms with Crippen LogP contribution in [-0.4, -0.2) is 10.7 Å². The number of anilines is 1. The third-order valence-electron chi connectivity index (χ3n) is 2.05. The minimum Gasteiger partial charge on any atom is -0.398 e. The van der Waals surface area contributed by atoms with E-state index in [1.165, 1.54) is 0 Å². The molecular weight excluding hydrogens is 241 g/mol. The first kappa shape index (κ1) is 12.9. The molecule has 0 unspecified atom stereocenters. The third-order valence-corrected chi connectivity index (χ3v) is 2.05. The van der Waals surface area contributed by atoms with Gasteiger partial charge in [0.05, 0.1) is 16.1 Å². The highest BCUT2D eigenvalue weighted by atomic mass is 19.4. The summed E-state index contributed by atoms with van der Waals surface area (Å²) in [6, 6.07) is 0.940. The summed E-state index contributed by atoms with van der Waals surface area (Å²) in [4.78, 5) is 20.6. The van der Waals surface area contributed by atoms with E-state index in [0.717, 1.165) is 6.92 Å². The Balaban J connectivity index is 3.57. The number of carbonyl (C=O) groups excluding carboxylic acids is 1. The first-order valence-electron chi connectivity index (χ1n) is 4.30. The van der Waals surface area contributed by atoms with Crippen molar-refractivity contribution in [1.29, 1.82) is 0 Å². The predicted octanol–water partition coefficient (Wildman–Crippen LogP) is 2.40. The molecule has 0 atom stereocenters. The van der Waals surface area contributed by atoms with Crippen molar-refractivity contribution in [3.8, 4) is 0 Å². The molecule has 1 rings (SSSR count). The van der Waals surface area contributed by atoms with Crippen LogP contribution in [0.3, 0.4) is 0 Å². The lowest BCUT2D eigenvalue weighted by Crippen LogP contribution is -2.12. The van der Waals surface area contributed by atoms with Gasteiger partial charge in [0.15, 0.2) is 5.78 Å². The summed E-state index contributed by atoms with van der Waals surface area (Å²) < 4.78 is 37.3. The number of nitrogens with two attached hydrogens (primary N) is 1. The van der Waals surface area contributed by atoms with Crippen LogP contribution in [0.15, 0.2) is 12.1 Å². The van der Waals surface area contributed by atoms with Gasteiger partial charge in [-0.1, -0.05) is 0 Å². The molecular formula is C9H7F3N2O3. The lowest BCUT2D eigenvalue weighted by molar-refractivity contribution is -0.385. The number of nitrogens with zero attached hydrogens (tertiary/aromatic N) is 1. The van der Waals surface area contributed by atoms with Gasteiger partial charge in [-0.3, -0.25) is 14.9 Å². The molecule has 0 fully saturated rings. The van der Waals surface area contributed by atoms with Crippen molar-refractivity contribution in [2.24, 2.45) is 0 Å². The number of nitro groups is 1. The zero-order valence-electron chi connectivity index (χ0n) is 8.54. The largest absolute Gasteiger partial charge is 0.418 e. The molecule has 2 N–H and O–H groups in total. The van der Waals surface area contributed by atoms with Crippen molar-refractivity contribution in [3.05, 3.63) is 33.4 Å². The number of ketones is 1. The molecule has 0 aliphatic heterocycles. The van der Waals surface area contributed by atoms with Crippen LogP contribution in [-0.2, 0) is 6.18 Å². The van der Waals surface area contributed by atoms with E-state index in [2.05, 4.69) is 0 Å². The fourth-order valence-electron chi connectivity index (χ4n) is 1.28. The molecule has 0 radical (unpaired) electrons. The second-order valence-electron chi connectivity index (χ2n) is 3.27. The van der Waals surface area contributed by atoms with Gasteiger partial charge < -0.3 is 5.73 Å². The molecule has 8 heteroatoms. The molecule has 1 aromatic rings. The fraction of sp³-hybridized carbons (Fsp3) is 0.222. The number of hydrogen-bond acceptors (Lipinski definition) is 4. The average Bonchev–Trinajstić information content (AvgIpc) is 2.14. The van der Waals surface area contributed by atoms with Crippen molar-refractivity contribution < 1.29 is 22.9 Å². The maximum absolute atomic E-state index is 12.4. The Morgan fingerprint density at radius 2 is 1.94 bits per heavy atom. The maximum atomic E-state index is 12.4. The van der Waals surface area contributed by atoms with Gasteiger partial charge in [0.2, 0.25) is 0 Å². The number of nitro benzene ring substituents is 1. The molecule has 5 nitrogen and oxygen atoms in total. The lowest BCUT2D eigenvalue weighted by Gasteiger charge is -2.10. The molecule has 0 saturated heterocycles. The van der Waals surface area contributed by atoms with Gasteiger partial charge in [-0.05, 0) is 13.0 Å². The summed E-state index contributed by atoms with van der Waals surface area (Å²) in [5, 5.41) is 10.6. The first-order chi connectivity index (χ1) is 7.64. The van der Waals surface area contributed by atoms with Gasteiger partial charge in [0.25, 0.3) is 5.69 Å². The Hall–Kier alpha value is -2.12.